The number of para-hydroxylation sites is 3. The standard InChI is InChI=1S/C36H37N5O/c1-25-11-9-12-26(2)35(25)41(33-21-27(17-19-37-33)36(3,4)5)29-13-10-14-30(22-29)42-34-23-28(18-20-38-34)40-24-39(6)31-15-7-8-16-32(31)40/h7-23H,24H2,1-6H3. The molecule has 0 spiro atoms. The van der Waals surface area contributed by atoms with Gasteiger partial charge in [0.2, 0.25) is 5.88 Å². The van der Waals surface area contributed by atoms with E-state index in [2.05, 4.69) is 128 Å². The van der Waals surface area contributed by atoms with E-state index in [9.17, 15) is 0 Å². The normalized spacial score (nSPS) is 12.8. The van der Waals surface area contributed by atoms with Crippen LogP contribution in [0.3, 0.4) is 0 Å². The number of benzene rings is 3. The molecule has 0 saturated carbocycles. The van der Waals surface area contributed by atoms with Crippen molar-refractivity contribution in [3.05, 3.63) is 120 Å². The van der Waals surface area contributed by atoms with E-state index in [1.165, 1.54) is 28.1 Å². The Morgan fingerprint density at radius 3 is 2.24 bits per heavy atom. The Kier molecular flexibility index (Phi) is 7.07. The minimum absolute atomic E-state index is 0.00353. The van der Waals surface area contributed by atoms with Gasteiger partial charge in [0.15, 0.2) is 0 Å². The lowest BCUT2D eigenvalue weighted by atomic mass is 9.87. The Hall–Kier alpha value is -4.84. The molecule has 0 amide bonds. The maximum Gasteiger partial charge on any atom is 0.221 e. The zero-order valence-electron chi connectivity index (χ0n) is 25.2. The molecule has 6 nitrogen and oxygen atoms in total. The summed E-state index contributed by atoms with van der Waals surface area (Å²) in [6.07, 6.45) is 3.71. The van der Waals surface area contributed by atoms with Crippen LogP contribution in [0.4, 0.5) is 34.3 Å². The summed E-state index contributed by atoms with van der Waals surface area (Å²) in [6.45, 7) is 11.7. The van der Waals surface area contributed by atoms with E-state index in [0.29, 0.717) is 11.6 Å². The highest BCUT2D eigenvalue weighted by atomic mass is 16.5. The first-order chi connectivity index (χ1) is 20.2. The smallest absolute Gasteiger partial charge is 0.221 e. The van der Waals surface area contributed by atoms with Crippen LogP contribution in [0.5, 0.6) is 11.6 Å². The molecule has 3 heterocycles. The third kappa shape index (κ3) is 5.28. The lowest BCUT2D eigenvalue weighted by Crippen LogP contribution is -2.23. The number of hydrogen-bond acceptors (Lipinski definition) is 6. The Morgan fingerprint density at radius 2 is 1.48 bits per heavy atom. The van der Waals surface area contributed by atoms with E-state index in [4.69, 9.17) is 9.72 Å². The first kappa shape index (κ1) is 27.3. The maximum absolute atomic E-state index is 6.40. The van der Waals surface area contributed by atoms with Crippen molar-refractivity contribution in [2.24, 2.45) is 0 Å². The lowest BCUT2D eigenvalue weighted by Gasteiger charge is -2.29. The summed E-state index contributed by atoms with van der Waals surface area (Å²) in [4.78, 5) is 16.1. The Morgan fingerprint density at radius 1 is 0.762 bits per heavy atom. The molecule has 2 aromatic heterocycles. The molecule has 1 aliphatic heterocycles. The fourth-order valence-corrected chi connectivity index (χ4v) is 5.57. The predicted octanol–water partition coefficient (Wildman–Crippen LogP) is 9.20. The van der Waals surface area contributed by atoms with Crippen molar-refractivity contribution in [1.29, 1.82) is 0 Å². The largest absolute Gasteiger partial charge is 0.439 e. The molecule has 0 unspecified atom stereocenters. The second kappa shape index (κ2) is 10.9. The molecule has 6 rings (SSSR count). The topological polar surface area (TPSA) is 44.7 Å². The Balaban J connectivity index is 1.37. The van der Waals surface area contributed by atoms with Gasteiger partial charge in [-0.2, -0.15) is 0 Å². The lowest BCUT2D eigenvalue weighted by molar-refractivity contribution is 0.463. The molecule has 0 N–H and O–H groups in total. The molecule has 0 bridgehead atoms. The predicted molar refractivity (Wildman–Crippen MR) is 173 cm³/mol. The fourth-order valence-electron chi connectivity index (χ4n) is 5.57. The molecule has 1 aliphatic rings. The van der Waals surface area contributed by atoms with Crippen molar-refractivity contribution in [3.8, 4) is 11.6 Å². The first-order valence-electron chi connectivity index (χ1n) is 14.3. The van der Waals surface area contributed by atoms with Crippen LogP contribution >= 0.6 is 0 Å². The van der Waals surface area contributed by atoms with Gasteiger partial charge in [0.1, 0.15) is 11.6 Å². The van der Waals surface area contributed by atoms with Crippen molar-refractivity contribution in [3.63, 3.8) is 0 Å². The highest BCUT2D eigenvalue weighted by Gasteiger charge is 2.25. The van der Waals surface area contributed by atoms with Crippen molar-refractivity contribution >= 4 is 34.3 Å². The van der Waals surface area contributed by atoms with Crippen LogP contribution in [0.15, 0.2) is 103 Å². The number of aryl methyl sites for hydroxylation is 2. The third-order valence-electron chi connectivity index (χ3n) is 7.77. The number of hydrogen-bond donors (Lipinski definition) is 0. The van der Waals surface area contributed by atoms with Gasteiger partial charge in [-0.1, -0.05) is 57.2 Å². The SMILES string of the molecule is Cc1cccc(C)c1N(c1cccc(Oc2cc(N3CN(C)c4ccccc43)ccn2)c1)c1cc(C(C)(C)C)ccn1. The summed E-state index contributed by atoms with van der Waals surface area (Å²) in [7, 11) is 2.11. The number of aromatic nitrogens is 2. The highest BCUT2D eigenvalue weighted by molar-refractivity contribution is 5.82. The van der Waals surface area contributed by atoms with Gasteiger partial charge in [-0.25, -0.2) is 9.97 Å². The monoisotopic (exact) mass is 555 g/mol. The maximum atomic E-state index is 6.40. The van der Waals surface area contributed by atoms with Crippen LogP contribution in [-0.4, -0.2) is 23.7 Å². The highest BCUT2D eigenvalue weighted by Crippen LogP contribution is 2.42. The Labute approximate surface area is 248 Å². The summed E-state index contributed by atoms with van der Waals surface area (Å²) in [5.74, 6) is 2.12. The van der Waals surface area contributed by atoms with Crippen LogP contribution in [0, 0.1) is 13.8 Å². The molecule has 0 radical (unpaired) electrons. The van der Waals surface area contributed by atoms with E-state index in [1.54, 1.807) is 6.20 Å². The van der Waals surface area contributed by atoms with Gasteiger partial charge in [0.25, 0.3) is 0 Å². The summed E-state index contributed by atoms with van der Waals surface area (Å²) in [5, 5.41) is 0. The molecule has 0 fully saturated rings. The molecular formula is C36H37N5O. The number of anilines is 6. The van der Waals surface area contributed by atoms with E-state index in [1.807, 2.05) is 30.5 Å². The zero-order valence-corrected chi connectivity index (χ0v) is 25.2. The van der Waals surface area contributed by atoms with Crippen molar-refractivity contribution in [2.75, 3.05) is 28.4 Å². The van der Waals surface area contributed by atoms with Crippen molar-refractivity contribution in [1.82, 2.24) is 9.97 Å². The van der Waals surface area contributed by atoms with Gasteiger partial charge in [-0.15, -0.1) is 0 Å². The van der Waals surface area contributed by atoms with Gasteiger partial charge in [-0.05, 0) is 78.4 Å². The molecule has 6 heteroatoms. The molecule has 0 atom stereocenters. The van der Waals surface area contributed by atoms with Crippen LogP contribution in [0.25, 0.3) is 0 Å². The molecule has 0 saturated heterocycles. The average Bonchev–Trinajstić information content (AvgIpc) is 3.31. The molecular weight excluding hydrogens is 518 g/mol. The summed E-state index contributed by atoms with van der Waals surface area (Å²) < 4.78 is 6.40. The van der Waals surface area contributed by atoms with E-state index >= 15 is 0 Å². The van der Waals surface area contributed by atoms with Gasteiger partial charge in [0, 0.05) is 37.3 Å². The minimum atomic E-state index is -0.00353. The first-order valence-corrected chi connectivity index (χ1v) is 14.3. The number of ether oxygens (including phenoxy) is 1. The molecule has 3 aromatic carbocycles. The van der Waals surface area contributed by atoms with Gasteiger partial charge < -0.3 is 14.5 Å². The third-order valence-corrected chi connectivity index (χ3v) is 7.77. The molecule has 5 aromatic rings. The summed E-state index contributed by atoms with van der Waals surface area (Å²) in [6, 6.07) is 31.3. The Bertz CT molecular complexity index is 1720. The van der Waals surface area contributed by atoms with Crippen molar-refractivity contribution < 1.29 is 4.74 Å². The van der Waals surface area contributed by atoms with Gasteiger partial charge in [0.05, 0.1) is 29.4 Å². The van der Waals surface area contributed by atoms with Crippen LogP contribution in [-0.2, 0) is 5.41 Å². The van der Waals surface area contributed by atoms with Crippen LogP contribution in [0.2, 0.25) is 0 Å². The van der Waals surface area contributed by atoms with Gasteiger partial charge >= 0.3 is 0 Å². The zero-order chi connectivity index (χ0) is 29.4. The molecule has 0 aliphatic carbocycles. The van der Waals surface area contributed by atoms with Crippen LogP contribution in [0.1, 0.15) is 37.5 Å². The second-order valence-corrected chi connectivity index (χ2v) is 11.9. The second-order valence-electron chi connectivity index (χ2n) is 11.9. The number of rotatable bonds is 6. The number of pyridine rings is 2. The summed E-state index contributed by atoms with van der Waals surface area (Å²) in [5.41, 5.74) is 9.08. The van der Waals surface area contributed by atoms with E-state index in [0.717, 1.165) is 29.5 Å². The average molecular weight is 556 g/mol. The minimum Gasteiger partial charge on any atom is -0.439 e. The number of fused-ring (bicyclic) bond motifs is 1. The van der Waals surface area contributed by atoms with Crippen molar-refractivity contribution in [2.45, 2.75) is 40.0 Å². The van der Waals surface area contributed by atoms with E-state index in [-0.39, 0.29) is 5.41 Å². The number of nitrogens with zero attached hydrogens (tertiary/aromatic N) is 5. The van der Waals surface area contributed by atoms with E-state index < -0.39 is 0 Å². The van der Waals surface area contributed by atoms with Crippen LogP contribution < -0.4 is 19.4 Å². The quantitative estimate of drug-likeness (QED) is 0.208. The van der Waals surface area contributed by atoms with Gasteiger partial charge in [-0.3, -0.25) is 4.90 Å². The summed E-state index contributed by atoms with van der Waals surface area (Å²) >= 11 is 0. The fraction of sp³-hybridized carbons (Fsp3) is 0.222. The molecule has 42 heavy (non-hydrogen) atoms. The molecule has 212 valence electrons.